The molecule has 0 aromatic heterocycles. The van der Waals surface area contributed by atoms with Crippen LogP contribution in [0.25, 0.3) is 0 Å². The number of nitriles is 1. The summed E-state index contributed by atoms with van der Waals surface area (Å²) < 4.78 is 0. The van der Waals surface area contributed by atoms with E-state index in [9.17, 15) is 5.26 Å². The fourth-order valence-corrected chi connectivity index (χ4v) is 2.50. The summed E-state index contributed by atoms with van der Waals surface area (Å²) in [6, 6.07) is 2.78. The molecule has 1 heterocycles. The Bertz CT molecular complexity index is 284. The van der Waals surface area contributed by atoms with E-state index in [0.29, 0.717) is 6.04 Å². The summed E-state index contributed by atoms with van der Waals surface area (Å²) in [4.78, 5) is 4.87. The smallest absolute Gasteiger partial charge is 0.105 e. The Morgan fingerprint density at radius 1 is 1.28 bits per heavy atom. The predicted octanol–water partition coefficient (Wildman–Crippen LogP) is 1.29. The van der Waals surface area contributed by atoms with Crippen LogP contribution >= 0.6 is 0 Å². The Morgan fingerprint density at radius 2 is 2.00 bits per heavy atom. The molecule has 1 saturated heterocycles. The largest absolute Gasteiger partial charge is 0.305 e. The molecule has 104 valence electrons. The van der Waals surface area contributed by atoms with Gasteiger partial charge in [-0.1, -0.05) is 0 Å². The monoisotopic (exact) mass is 252 g/mol. The standard InChI is InChI=1S/C14H28N4/c1-13(2)16-14(3,12-15)6-9-18-8-5-7-17(4)10-11-18/h13,16H,5-11H2,1-4H3. The first kappa shape index (κ1) is 15.4. The number of hydrogen-bond acceptors (Lipinski definition) is 4. The van der Waals surface area contributed by atoms with E-state index in [1.54, 1.807) is 0 Å². The SMILES string of the molecule is CC(C)NC(C)(C#N)CCN1CCCN(C)CC1. The second kappa shape index (κ2) is 7.08. The van der Waals surface area contributed by atoms with E-state index in [0.717, 1.165) is 32.6 Å². The minimum atomic E-state index is -0.396. The Morgan fingerprint density at radius 3 is 2.61 bits per heavy atom. The van der Waals surface area contributed by atoms with Gasteiger partial charge in [0.1, 0.15) is 5.54 Å². The van der Waals surface area contributed by atoms with E-state index >= 15 is 0 Å². The zero-order valence-electron chi connectivity index (χ0n) is 12.4. The van der Waals surface area contributed by atoms with Gasteiger partial charge in [-0.25, -0.2) is 0 Å². The van der Waals surface area contributed by atoms with Crippen LogP contribution in [0.5, 0.6) is 0 Å². The summed E-state index contributed by atoms with van der Waals surface area (Å²) in [6.45, 7) is 11.8. The maximum absolute atomic E-state index is 9.32. The highest BCUT2D eigenvalue weighted by Gasteiger charge is 2.25. The van der Waals surface area contributed by atoms with Crippen molar-refractivity contribution in [2.75, 3.05) is 39.8 Å². The quantitative estimate of drug-likeness (QED) is 0.801. The second-order valence-corrected chi connectivity index (χ2v) is 5.99. The van der Waals surface area contributed by atoms with Crippen LogP contribution < -0.4 is 5.32 Å². The normalized spacial score (nSPS) is 22.4. The molecule has 1 N–H and O–H groups in total. The number of hydrogen-bond donors (Lipinski definition) is 1. The average Bonchev–Trinajstić information content (AvgIpc) is 2.51. The molecule has 0 aromatic carbocycles. The van der Waals surface area contributed by atoms with Crippen molar-refractivity contribution in [3.8, 4) is 6.07 Å². The fraction of sp³-hybridized carbons (Fsp3) is 0.929. The first-order valence-electron chi connectivity index (χ1n) is 7.05. The van der Waals surface area contributed by atoms with E-state index < -0.39 is 5.54 Å². The van der Waals surface area contributed by atoms with Gasteiger partial charge in [0.15, 0.2) is 0 Å². The van der Waals surface area contributed by atoms with Crippen molar-refractivity contribution < 1.29 is 0 Å². The highest BCUT2D eigenvalue weighted by atomic mass is 15.2. The molecule has 1 rings (SSSR count). The summed E-state index contributed by atoms with van der Waals surface area (Å²) >= 11 is 0. The maximum atomic E-state index is 9.32. The van der Waals surface area contributed by atoms with Crippen molar-refractivity contribution >= 4 is 0 Å². The molecule has 18 heavy (non-hydrogen) atoms. The maximum Gasteiger partial charge on any atom is 0.105 e. The molecule has 0 spiro atoms. The Labute approximate surface area is 112 Å². The number of nitrogens with one attached hydrogen (secondary N) is 1. The lowest BCUT2D eigenvalue weighted by molar-refractivity contribution is 0.244. The summed E-state index contributed by atoms with van der Waals surface area (Å²) in [7, 11) is 2.18. The lowest BCUT2D eigenvalue weighted by Crippen LogP contribution is -2.47. The predicted molar refractivity (Wildman–Crippen MR) is 75.5 cm³/mol. The topological polar surface area (TPSA) is 42.3 Å². The summed E-state index contributed by atoms with van der Waals surface area (Å²) in [5, 5.41) is 12.7. The van der Waals surface area contributed by atoms with Crippen molar-refractivity contribution in [3.63, 3.8) is 0 Å². The van der Waals surface area contributed by atoms with Gasteiger partial charge in [0.05, 0.1) is 6.07 Å². The highest BCUT2D eigenvalue weighted by Crippen LogP contribution is 2.12. The van der Waals surface area contributed by atoms with Crippen molar-refractivity contribution in [1.29, 1.82) is 5.26 Å². The first-order valence-corrected chi connectivity index (χ1v) is 7.05. The minimum Gasteiger partial charge on any atom is -0.305 e. The third kappa shape index (κ3) is 5.34. The van der Waals surface area contributed by atoms with Crippen molar-refractivity contribution in [1.82, 2.24) is 15.1 Å². The summed E-state index contributed by atoms with van der Waals surface area (Å²) in [6.07, 6.45) is 2.13. The van der Waals surface area contributed by atoms with E-state index in [1.165, 1.54) is 13.0 Å². The third-order valence-corrected chi connectivity index (χ3v) is 3.59. The summed E-state index contributed by atoms with van der Waals surface area (Å²) in [5.74, 6) is 0. The van der Waals surface area contributed by atoms with Gasteiger partial charge in [0.2, 0.25) is 0 Å². The van der Waals surface area contributed by atoms with Crippen molar-refractivity contribution in [2.45, 2.75) is 45.2 Å². The number of nitrogens with zero attached hydrogens (tertiary/aromatic N) is 3. The van der Waals surface area contributed by atoms with Gasteiger partial charge in [0, 0.05) is 25.7 Å². The van der Waals surface area contributed by atoms with E-state index in [2.05, 4.69) is 42.1 Å². The Kier molecular flexibility index (Phi) is 6.07. The molecule has 0 amide bonds. The van der Waals surface area contributed by atoms with E-state index in [-0.39, 0.29) is 0 Å². The molecule has 1 atom stereocenters. The van der Waals surface area contributed by atoms with Gasteiger partial charge in [-0.15, -0.1) is 0 Å². The summed E-state index contributed by atoms with van der Waals surface area (Å²) in [5.41, 5.74) is -0.396. The highest BCUT2D eigenvalue weighted by molar-refractivity contribution is 5.04. The van der Waals surface area contributed by atoms with E-state index in [1.807, 2.05) is 6.92 Å². The first-order chi connectivity index (χ1) is 8.45. The van der Waals surface area contributed by atoms with Crippen LogP contribution in [-0.2, 0) is 0 Å². The van der Waals surface area contributed by atoms with Crippen LogP contribution in [0.3, 0.4) is 0 Å². The third-order valence-electron chi connectivity index (χ3n) is 3.59. The van der Waals surface area contributed by atoms with Crippen molar-refractivity contribution in [3.05, 3.63) is 0 Å². The van der Waals surface area contributed by atoms with Gasteiger partial charge in [-0.3, -0.25) is 5.32 Å². The second-order valence-electron chi connectivity index (χ2n) is 5.99. The molecule has 1 aliphatic rings. The van der Waals surface area contributed by atoms with Crippen LogP contribution in [0.15, 0.2) is 0 Å². The molecule has 0 aromatic rings. The molecule has 0 saturated carbocycles. The number of likely N-dealkylation sites (N-methyl/N-ethyl adjacent to an activating group) is 1. The Hall–Kier alpha value is -0.630. The molecule has 0 bridgehead atoms. The van der Waals surface area contributed by atoms with Crippen LogP contribution in [0, 0.1) is 11.3 Å². The molecular weight excluding hydrogens is 224 g/mol. The Balaban J connectivity index is 2.40. The van der Waals surface area contributed by atoms with Crippen LogP contribution in [-0.4, -0.2) is 61.2 Å². The lowest BCUT2D eigenvalue weighted by atomic mass is 9.98. The molecule has 4 nitrogen and oxygen atoms in total. The van der Waals surface area contributed by atoms with Gasteiger partial charge in [-0.05, 0) is 53.8 Å². The van der Waals surface area contributed by atoms with Crippen molar-refractivity contribution in [2.24, 2.45) is 0 Å². The molecule has 0 radical (unpaired) electrons. The van der Waals surface area contributed by atoms with Gasteiger partial charge in [-0.2, -0.15) is 5.26 Å². The van der Waals surface area contributed by atoms with Crippen LogP contribution in [0.1, 0.15) is 33.6 Å². The van der Waals surface area contributed by atoms with E-state index in [4.69, 9.17) is 0 Å². The van der Waals surface area contributed by atoms with Gasteiger partial charge >= 0.3 is 0 Å². The number of rotatable bonds is 5. The average molecular weight is 252 g/mol. The zero-order valence-corrected chi connectivity index (χ0v) is 12.4. The molecule has 1 aliphatic heterocycles. The van der Waals surface area contributed by atoms with Gasteiger partial charge in [0.25, 0.3) is 0 Å². The fourth-order valence-electron chi connectivity index (χ4n) is 2.50. The lowest BCUT2D eigenvalue weighted by Gasteiger charge is -2.29. The molecular formula is C14H28N4. The van der Waals surface area contributed by atoms with Crippen LogP contribution in [0.2, 0.25) is 0 Å². The molecule has 4 heteroatoms. The van der Waals surface area contributed by atoms with Gasteiger partial charge < -0.3 is 9.80 Å². The minimum absolute atomic E-state index is 0.352. The molecule has 1 unspecified atom stereocenters. The van der Waals surface area contributed by atoms with Crippen LogP contribution in [0.4, 0.5) is 0 Å². The molecule has 0 aliphatic carbocycles. The molecule has 1 fully saturated rings. The zero-order chi connectivity index (χ0) is 13.6.